The SMILES string of the molecule is N#Cc1cncc(COc2cc(C(=O)N3CCc4c(-c5ccccc5)cccc43)ccc2CN2CC[C@H](O)C2)c1. The van der Waals surface area contributed by atoms with E-state index in [4.69, 9.17) is 4.74 Å². The summed E-state index contributed by atoms with van der Waals surface area (Å²) in [6, 6.07) is 25.9. The molecule has 1 saturated heterocycles. The molecule has 2 aliphatic rings. The normalized spacial score (nSPS) is 16.5. The van der Waals surface area contributed by atoms with E-state index in [1.807, 2.05) is 53.4 Å². The Labute approximate surface area is 233 Å². The van der Waals surface area contributed by atoms with Crippen LogP contribution in [-0.4, -0.2) is 46.6 Å². The van der Waals surface area contributed by atoms with E-state index in [0.29, 0.717) is 36.5 Å². The van der Waals surface area contributed by atoms with Crippen molar-refractivity contribution in [1.29, 1.82) is 5.26 Å². The molecule has 0 spiro atoms. The Kier molecular flexibility index (Phi) is 7.28. The maximum Gasteiger partial charge on any atom is 0.258 e. The van der Waals surface area contributed by atoms with Crippen molar-refractivity contribution in [3.05, 3.63) is 113 Å². The molecule has 0 unspecified atom stereocenters. The van der Waals surface area contributed by atoms with Gasteiger partial charge >= 0.3 is 0 Å². The molecule has 200 valence electrons. The summed E-state index contributed by atoms with van der Waals surface area (Å²) in [6.07, 6.45) is 4.43. The van der Waals surface area contributed by atoms with Crippen molar-refractivity contribution < 1.29 is 14.6 Å². The first-order valence-electron chi connectivity index (χ1n) is 13.6. The number of aromatic nitrogens is 1. The van der Waals surface area contributed by atoms with Crippen LogP contribution in [0.4, 0.5) is 5.69 Å². The molecule has 0 saturated carbocycles. The van der Waals surface area contributed by atoms with Crippen LogP contribution in [0.15, 0.2) is 85.2 Å². The van der Waals surface area contributed by atoms with Crippen LogP contribution in [0.2, 0.25) is 0 Å². The summed E-state index contributed by atoms with van der Waals surface area (Å²) in [6.45, 7) is 2.88. The molecular weight excluding hydrogens is 500 g/mol. The van der Waals surface area contributed by atoms with Crippen LogP contribution in [-0.2, 0) is 19.6 Å². The van der Waals surface area contributed by atoms with Crippen LogP contribution in [0.3, 0.4) is 0 Å². The highest BCUT2D eigenvalue weighted by Crippen LogP contribution is 2.37. The second-order valence-corrected chi connectivity index (χ2v) is 10.4. The lowest BCUT2D eigenvalue weighted by Crippen LogP contribution is -2.29. The minimum Gasteiger partial charge on any atom is -0.488 e. The minimum atomic E-state index is -0.318. The first-order chi connectivity index (χ1) is 19.6. The van der Waals surface area contributed by atoms with Gasteiger partial charge < -0.3 is 14.7 Å². The van der Waals surface area contributed by atoms with Crippen molar-refractivity contribution >= 4 is 11.6 Å². The molecule has 1 amide bonds. The Bertz CT molecular complexity index is 1580. The fourth-order valence-corrected chi connectivity index (χ4v) is 5.63. The Hall–Kier alpha value is -4.51. The second-order valence-electron chi connectivity index (χ2n) is 10.4. The lowest BCUT2D eigenvalue weighted by atomic mass is 9.98. The number of pyridine rings is 1. The fraction of sp³-hybridized carbons (Fsp3) is 0.242. The van der Waals surface area contributed by atoms with Crippen LogP contribution >= 0.6 is 0 Å². The number of benzene rings is 3. The van der Waals surface area contributed by atoms with Gasteiger partial charge in [0.05, 0.1) is 11.7 Å². The van der Waals surface area contributed by atoms with Crippen LogP contribution in [0.1, 0.15) is 39.0 Å². The number of rotatable bonds is 7. The lowest BCUT2D eigenvalue weighted by molar-refractivity contribution is 0.0989. The van der Waals surface area contributed by atoms with Gasteiger partial charge in [0.1, 0.15) is 18.4 Å². The van der Waals surface area contributed by atoms with Crippen molar-refractivity contribution in [3.8, 4) is 22.9 Å². The summed E-state index contributed by atoms with van der Waals surface area (Å²) >= 11 is 0. The number of likely N-dealkylation sites (tertiary alicyclic amines) is 1. The molecule has 7 heteroatoms. The molecule has 1 atom stereocenters. The van der Waals surface area contributed by atoms with Gasteiger partial charge in [0, 0.05) is 61.0 Å². The van der Waals surface area contributed by atoms with Gasteiger partial charge in [0.2, 0.25) is 0 Å². The third-order valence-corrected chi connectivity index (χ3v) is 7.63. The maximum atomic E-state index is 13.8. The lowest BCUT2D eigenvalue weighted by Gasteiger charge is -2.21. The molecule has 0 aliphatic carbocycles. The van der Waals surface area contributed by atoms with E-state index in [0.717, 1.165) is 47.3 Å². The Morgan fingerprint density at radius 1 is 1.05 bits per heavy atom. The zero-order valence-corrected chi connectivity index (χ0v) is 22.2. The van der Waals surface area contributed by atoms with Gasteiger partial charge in [-0.2, -0.15) is 5.26 Å². The largest absolute Gasteiger partial charge is 0.488 e. The Balaban J connectivity index is 1.28. The molecule has 6 rings (SSSR count). The molecule has 4 aromatic rings. The summed E-state index contributed by atoms with van der Waals surface area (Å²) in [5.41, 5.74) is 7.20. The summed E-state index contributed by atoms with van der Waals surface area (Å²) in [4.78, 5) is 22.0. The van der Waals surface area contributed by atoms with E-state index < -0.39 is 0 Å². The second kappa shape index (κ2) is 11.3. The zero-order chi connectivity index (χ0) is 27.5. The third kappa shape index (κ3) is 5.32. The number of amides is 1. The van der Waals surface area contributed by atoms with Crippen molar-refractivity contribution in [2.75, 3.05) is 24.5 Å². The number of β-amino-alcohol motifs (C(OH)–C–C–N with tert-alkyl or cyclic N) is 1. The summed E-state index contributed by atoms with van der Waals surface area (Å²) in [5.74, 6) is 0.553. The van der Waals surface area contributed by atoms with Crippen molar-refractivity contribution in [2.45, 2.75) is 32.1 Å². The third-order valence-electron chi connectivity index (χ3n) is 7.63. The summed E-state index contributed by atoms with van der Waals surface area (Å²) in [7, 11) is 0. The molecule has 3 heterocycles. The first-order valence-corrected chi connectivity index (χ1v) is 13.6. The summed E-state index contributed by atoms with van der Waals surface area (Å²) < 4.78 is 6.25. The number of aliphatic hydroxyl groups excluding tert-OH is 1. The molecule has 1 aromatic heterocycles. The van der Waals surface area contributed by atoms with Crippen molar-refractivity contribution in [3.63, 3.8) is 0 Å². The number of aliphatic hydroxyl groups is 1. The van der Waals surface area contributed by atoms with E-state index in [2.05, 4.69) is 34.2 Å². The van der Waals surface area contributed by atoms with Crippen LogP contribution in [0.25, 0.3) is 11.1 Å². The van der Waals surface area contributed by atoms with Crippen molar-refractivity contribution in [1.82, 2.24) is 9.88 Å². The number of carbonyl (C=O) groups excluding carboxylic acids is 1. The number of fused-ring (bicyclic) bond motifs is 1. The topological polar surface area (TPSA) is 89.7 Å². The molecule has 1 fully saturated rings. The Morgan fingerprint density at radius 2 is 1.93 bits per heavy atom. The van der Waals surface area contributed by atoms with Gasteiger partial charge in [0.15, 0.2) is 0 Å². The van der Waals surface area contributed by atoms with Gasteiger partial charge in [-0.25, -0.2) is 0 Å². The highest BCUT2D eigenvalue weighted by molar-refractivity contribution is 6.08. The number of hydrogen-bond donors (Lipinski definition) is 1. The van der Waals surface area contributed by atoms with Gasteiger partial charge in [0.25, 0.3) is 5.91 Å². The monoisotopic (exact) mass is 530 g/mol. The minimum absolute atomic E-state index is 0.0647. The molecule has 3 aromatic carbocycles. The number of anilines is 1. The fourth-order valence-electron chi connectivity index (χ4n) is 5.63. The molecule has 40 heavy (non-hydrogen) atoms. The Morgan fingerprint density at radius 3 is 2.73 bits per heavy atom. The molecule has 1 N–H and O–H groups in total. The summed E-state index contributed by atoms with van der Waals surface area (Å²) in [5, 5.41) is 19.2. The number of nitrogens with zero attached hydrogens (tertiary/aromatic N) is 4. The highest BCUT2D eigenvalue weighted by Gasteiger charge is 2.28. The zero-order valence-electron chi connectivity index (χ0n) is 22.2. The van der Waals surface area contributed by atoms with Gasteiger partial charge in [-0.3, -0.25) is 14.7 Å². The standard InChI is InChI=1S/C33H30N4O3/c34-17-23-15-24(19-35-18-23)22-40-32-16-26(9-10-27(32)20-36-13-11-28(38)21-36)33(39)37-14-12-30-29(7-4-8-31(30)37)25-5-2-1-3-6-25/h1-10,15-16,18-19,28,38H,11-14,20-22H2/t28-/m0/s1. The van der Waals surface area contributed by atoms with E-state index >= 15 is 0 Å². The number of ether oxygens (including phenoxy) is 1. The smallest absolute Gasteiger partial charge is 0.258 e. The average molecular weight is 531 g/mol. The van der Waals surface area contributed by atoms with E-state index in [1.54, 1.807) is 12.3 Å². The van der Waals surface area contributed by atoms with Crippen LogP contribution in [0.5, 0.6) is 5.75 Å². The quantitative estimate of drug-likeness (QED) is 0.363. The van der Waals surface area contributed by atoms with E-state index in [9.17, 15) is 15.2 Å². The molecule has 7 nitrogen and oxygen atoms in total. The molecular formula is C33H30N4O3. The number of hydrogen-bond acceptors (Lipinski definition) is 6. The maximum absolute atomic E-state index is 13.8. The van der Waals surface area contributed by atoms with Crippen LogP contribution in [0, 0.1) is 11.3 Å². The number of carbonyl (C=O) groups is 1. The predicted octanol–water partition coefficient (Wildman–Crippen LogP) is 4.97. The first kappa shape index (κ1) is 25.8. The van der Waals surface area contributed by atoms with Crippen LogP contribution < -0.4 is 9.64 Å². The van der Waals surface area contributed by atoms with Gasteiger partial charge in [-0.05, 0) is 53.8 Å². The molecule has 0 radical (unpaired) electrons. The predicted molar refractivity (Wildman–Crippen MR) is 153 cm³/mol. The van der Waals surface area contributed by atoms with Crippen molar-refractivity contribution in [2.24, 2.45) is 0 Å². The van der Waals surface area contributed by atoms with Gasteiger partial charge in [-0.1, -0.05) is 48.5 Å². The number of nitriles is 1. The van der Waals surface area contributed by atoms with E-state index in [1.165, 1.54) is 11.8 Å². The van der Waals surface area contributed by atoms with E-state index in [-0.39, 0.29) is 18.6 Å². The average Bonchev–Trinajstić information content (AvgIpc) is 3.62. The molecule has 2 aliphatic heterocycles. The highest BCUT2D eigenvalue weighted by atomic mass is 16.5. The molecule has 0 bridgehead atoms. The van der Waals surface area contributed by atoms with Gasteiger partial charge in [-0.15, -0.1) is 0 Å².